The molecule has 0 spiro atoms. The Balaban J connectivity index is 2.16. The predicted octanol–water partition coefficient (Wildman–Crippen LogP) is 1.70. The molecule has 14 heavy (non-hydrogen) atoms. The molecule has 0 amide bonds. The number of aliphatic hydroxyl groups excluding tert-OH is 1. The van der Waals surface area contributed by atoms with Crippen LogP contribution in [-0.2, 0) is 0 Å². The quantitative estimate of drug-likeness (QED) is 0.725. The molecule has 0 saturated carbocycles. The second kappa shape index (κ2) is 6.87. The third kappa shape index (κ3) is 4.65. The van der Waals surface area contributed by atoms with Crippen molar-refractivity contribution >= 4 is 11.8 Å². The lowest BCUT2D eigenvalue weighted by Gasteiger charge is -2.14. The Bertz CT molecular complexity index is 240. The van der Waals surface area contributed by atoms with Crippen LogP contribution in [-0.4, -0.2) is 42.5 Å². The molecule has 1 aromatic rings. The van der Waals surface area contributed by atoms with Crippen LogP contribution in [0.5, 0.6) is 0 Å². The smallest absolute Gasteiger partial charge is 0.0558 e. The van der Waals surface area contributed by atoms with E-state index in [-0.39, 0.29) is 6.61 Å². The average Bonchev–Trinajstić information content (AvgIpc) is 2.20. The molecule has 0 saturated heterocycles. The topological polar surface area (TPSA) is 23.5 Å². The first-order valence-electron chi connectivity index (χ1n) is 4.80. The van der Waals surface area contributed by atoms with Crippen molar-refractivity contribution in [3.63, 3.8) is 0 Å². The lowest BCUT2D eigenvalue weighted by atomic mass is 10.4. The van der Waals surface area contributed by atoms with Crippen LogP contribution in [0.2, 0.25) is 0 Å². The van der Waals surface area contributed by atoms with Crippen molar-refractivity contribution in [2.45, 2.75) is 4.90 Å². The Labute approximate surface area is 89.9 Å². The molecular formula is C11H17NOS. The molecule has 0 fully saturated rings. The number of rotatable bonds is 6. The van der Waals surface area contributed by atoms with E-state index in [1.807, 2.05) is 24.9 Å². The Morgan fingerprint density at radius 1 is 1.21 bits per heavy atom. The van der Waals surface area contributed by atoms with Gasteiger partial charge in [0.15, 0.2) is 0 Å². The van der Waals surface area contributed by atoms with E-state index in [0.717, 1.165) is 18.8 Å². The van der Waals surface area contributed by atoms with Crippen LogP contribution in [0.4, 0.5) is 0 Å². The molecule has 0 aliphatic heterocycles. The molecule has 0 aliphatic rings. The minimum absolute atomic E-state index is 0.243. The van der Waals surface area contributed by atoms with Gasteiger partial charge in [0.2, 0.25) is 0 Å². The minimum atomic E-state index is 0.243. The monoisotopic (exact) mass is 211 g/mol. The maximum atomic E-state index is 8.70. The fourth-order valence-electron chi connectivity index (χ4n) is 1.12. The zero-order chi connectivity index (χ0) is 10.2. The van der Waals surface area contributed by atoms with Gasteiger partial charge in [0.1, 0.15) is 0 Å². The average molecular weight is 211 g/mol. The molecule has 0 radical (unpaired) electrons. The Kier molecular flexibility index (Phi) is 5.68. The van der Waals surface area contributed by atoms with Gasteiger partial charge in [-0.2, -0.15) is 0 Å². The first-order valence-corrected chi connectivity index (χ1v) is 5.78. The van der Waals surface area contributed by atoms with Gasteiger partial charge in [0, 0.05) is 23.7 Å². The molecule has 0 atom stereocenters. The lowest BCUT2D eigenvalue weighted by Crippen LogP contribution is -2.24. The third-order valence-corrected chi connectivity index (χ3v) is 2.96. The van der Waals surface area contributed by atoms with Gasteiger partial charge < -0.3 is 10.0 Å². The largest absolute Gasteiger partial charge is 0.395 e. The molecule has 0 aliphatic carbocycles. The molecule has 0 aromatic heterocycles. The van der Waals surface area contributed by atoms with Crippen LogP contribution in [0.25, 0.3) is 0 Å². The standard InChI is InChI=1S/C11H17NOS/c1-12(7-9-13)8-10-14-11-5-3-2-4-6-11/h2-6,13H,7-10H2,1H3. The maximum Gasteiger partial charge on any atom is 0.0558 e. The highest BCUT2D eigenvalue weighted by atomic mass is 32.2. The zero-order valence-corrected chi connectivity index (χ0v) is 9.33. The van der Waals surface area contributed by atoms with Crippen molar-refractivity contribution in [1.29, 1.82) is 0 Å². The molecular weight excluding hydrogens is 194 g/mol. The summed E-state index contributed by atoms with van der Waals surface area (Å²) >= 11 is 1.85. The Morgan fingerprint density at radius 2 is 1.93 bits per heavy atom. The summed E-state index contributed by atoms with van der Waals surface area (Å²) < 4.78 is 0. The van der Waals surface area contributed by atoms with E-state index in [1.165, 1.54) is 4.90 Å². The zero-order valence-electron chi connectivity index (χ0n) is 8.52. The Morgan fingerprint density at radius 3 is 2.57 bits per heavy atom. The van der Waals surface area contributed by atoms with Crippen LogP contribution in [0.3, 0.4) is 0 Å². The van der Waals surface area contributed by atoms with Crippen LogP contribution in [0.15, 0.2) is 35.2 Å². The van der Waals surface area contributed by atoms with E-state index in [0.29, 0.717) is 0 Å². The molecule has 1 aromatic carbocycles. The van der Waals surface area contributed by atoms with Gasteiger partial charge in [-0.25, -0.2) is 0 Å². The van der Waals surface area contributed by atoms with Gasteiger partial charge in [-0.05, 0) is 19.2 Å². The normalized spacial score (nSPS) is 10.8. The van der Waals surface area contributed by atoms with Crippen molar-refractivity contribution in [2.75, 3.05) is 32.5 Å². The van der Waals surface area contributed by atoms with Gasteiger partial charge in [-0.15, -0.1) is 11.8 Å². The van der Waals surface area contributed by atoms with Crippen molar-refractivity contribution in [2.24, 2.45) is 0 Å². The summed E-state index contributed by atoms with van der Waals surface area (Å²) in [5.74, 6) is 1.07. The van der Waals surface area contributed by atoms with E-state index >= 15 is 0 Å². The minimum Gasteiger partial charge on any atom is -0.395 e. The lowest BCUT2D eigenvalue weighted by molar-refractivity contribution is 0.228. The predicted molar refractivity (Wildman–Crippen MR) is 61.7 cm³/mol. The second-order valence-electron chi connectivity index (χ2n) is 3.19. The SMILES string of the molecule is CN(CCO)CCSc1ccccc1. The molecule has 0 bridgehead atoms. The van der Waals surface area contributed by atoms with Crippen molar-refractivity contribution in [1.82, 2.24) is 4.90 Å². The summed E-state index contributed by atoms with van der Waals surface area (Å²) in [6, 6.07) is 10.4. The first-order chi connectivity index (χ1) is 6.83. The van der Waals surface area contributed by atoms with Crippen LogP contribution in [0.1, 0.15) is 0 Å². The number of thioether (sulfide) groups is 1. The van der Waals surface area contributed by atoms with Gasteiger partial charge in [-0.3, -0.25) is 0 Å². The summed E-state index contributed by atoms with van der Waals surface area (Å²) in [4.78, 5) is 3.44. The highest BCUT2D eigenvalue weighted by molar-refractivity contribution is 7.99. The summed E-state index contributed by atoms with van der Waals surface area (Å²) in [5, 5.41) is 8.70. The van der Waals surface area contributed by atoms with E-state index in [4.69, 9.17) is 5.11 Å². The molecule has 1 rings (SSSR count). The maximum absolute atomic E-state index is 8.70. The number of hydrogen-bond acceptors (Lipinski definition) is 3. The number of nitrogens with zero attached hydrogens (tertiary/aromatic N) is 1. The molecule has 0 heterocycles. The number of hydrogen-bond donors (Lipinski definition) is 1. The van der Waals surface area contributed by atoms with Crippen LogP contribution >= 0.6 is 11.8 Å². The van der Waals surface area contributed by atoms with Crippen molar-refractivity contribution in [3.8, 4) is 0 Å². The highest BCUT2D eigenvalue weighted by Gasteiger charge is 1.97. The van der Waals surface area contributed by atoms with E-state index in [2.05, 4.69) is 29.2 Å². The summed E-state index contributed by atoms with van der Waals surface area (Å²) in [6.07, 6.45) is 0. The molecule has 0 unspecified atom stereocenters. The fourth-order valence-corrected chi connectivity index (χ4v) is 2.11. The van der Waals surface area contributed by atoms with E-state index in [1.54, 1.807) is 0 Å². The van der Waals surface area contributed by atoms with Gasteiger partial charge in [0.25, 0.3) is 0 Å². The summed E-state index contributed by atoms with van der Waals surface area (Å²) in [6.45, 7) is 2.02. The van der Waals surface area contributed by atoms with Crippen LogP contribution < -0.4 is 0 Å². The van der Waals surface area contributed by atoms with Crippen molar-refractivity contribution in [3.05, 3.63) is 30.3 Å². The fraction of sp³-hybridized carbons (Fsp3) is 0.455. The number of likely N-dealkylation sites (N-methyl/N-ethyl adjacent to an activating group) is 1. The molecule has 78 valence electrons. The highest BCUT2D eigenvalue weighted by Crippen LogP contribution is 2.16. The third-order valence-electron chi connectivity index (χ3n) is 1.97. The van der Waals surface area contributed by atoms with Gasteiger partial charge in [-0.1, -0.05) is 18.2 Å². The molecule has 2 nitrogen and oxygen atoms in total. The van der Waals surface area contributed by atoms with Crippen molar-refractivity contribution < 1.29 is 5.11 Å². The van der Waals surface area contributed by atoms with Gasteiger partial charge in [0.05, 0.1) is 6.61 Å². The van der Waals surface area contributed by atoms with Crippen LogP contribution in [0, 0.1) is 0 Å². The first kappa shape index (κ1) is 11.6. The number of benzene rings is 1. The van der Waals surface area contributed by atoms with E-state index in [9.17, 15) is 0 Å². The van der Waals surface area contributed by atoms with Gasteiger partial charge >= 0.3 is 0 Å². The Hall–Kier alpha value is -0.510. The molecule has 1 N–H and O–H groups in total. The number of aliphatic hydroxyl groups is 1. The van der Waals surface area contributed by atoms with E-state index < -0.39 is 0 Å². The second-order valence-corrected chi connectivity index (χ2v) is 4.36. The summed E-state index contributed by atoms with van der Waals surface area (Å²) in [7, 11) is 2.03. The molecule has 3 heteroatoms. The summed E-state index contributed by atoms with van der Waals surface area (Å²) in [5.41, 5.74) is 0.